The Balaban J connectivity index is 2.78. The summed E-state index contributed by atoms with van der Waals surface area (Å²) in [6, 6.07) is -0.484. The number of allylic oxidation sites excluding steroid dienone is 2. The molecule has 0 saturated heterocycles. The summed E-state index contributed by atoms with van der Waals surface area (Å²) in [5.41, 5.74) is 9.36. The van der Waals surface area contributed by atoms with Crippen molar-refractivity contribution in [3.05, 3.63) is 24.3 Å². The van der Waals surface area contributed by atoms with Crippen molar-refractivity contribution < 1.29 is 5.11 Å². The van der Waals surface area contributed by atoms with Crippen LogP contribution >= 0.6 is 0 Å². The van der Waals surface area contributed by atoms with Gasteiger partial charge in [0.15, 0.2) is 5.72 Å². The van der Waals surface area contributed by atoms with Gasteiger partial charge in [0.25, 0.3) is 0 Å². The summed E-state index contributed by atoms with van der Waals surface area (Å²) in [4.78, 5) is 0. The van der Waals surface area contributed by atoms with Crippen molar-refractivity contribution >= 4 is 0 Å². The Hall–Kier alpha value is -0.640. The van der Waals surface area contributed by atoms with E-state index in [0.29, 0.717) is 0 Å². The highest BCUT2D eigenvalue weighted by atomic mass is 16.3. The van der Waals surface area contributed by atoms with Crippen molar-refractivity contribution in [2.75, 3.05) is 0 Å². The van der Waals surface area contributed by atoms with Crippen LogP contribution in [-0.4, -0.2) is 16.9 Å². The van der Waals surface area contributed by atoms with Crippen LogP contribution in [0.25, 0.3) is 0 Å². The number of rotatable bonds is 0. The van der Waals surface area contributed by atoms with Crippen LogP contribution < -0.4 is 11.5 Å². The topological polar surface area (TPSA) is 72.3 Å². The zero-order valence-corrected chi connectivity index (χ0v) is 4.99. The zero-order valence-electron chi connectivity index (χ0n) is 4.99. The van der Waals surface area contributed by atoms with E-state index in [2.05, 4.69) is 0 Å². The molecule has 0 aromatic carbocycles. The van der Waals surface area contributed by atoms with Gasteiger partial charge in [-0.3, -0.25) is 5.73 Å². The predicted molar refractivity (Wildman–Crippen MR) is 35.4 cm³/mol. The molecule has 0 aromatic rings. The maximum absolute atomic E-state index is 9.16. The largest absolute Gasteiger partial charge is 0.370 e. The standard InChI is InChI=1S/C6H10N2O/c7-5-3-1-2-4-6(5,8)9/h1-5,9H,7-8H2. The van der Waals surface area contributed by atoms with Gasteiger partial charge in [0.1, 0.15) is 0 Å². The van der Waals surface area contributed by atoms with Crippen LogP contribution in [0.15, 0.2) is 24.3 Å². The predicted octanol–water partition coefficient (Wildman–Crippen LogP) is -0.913. The minimum absolute atomic E-state index is 0.484. The van der Waals surface area contributed by atoms with Crippen molar-refractivity contribution in [2.24, 2.45) is 11.5 Å². The average molecular weight is 126 g/mol. The van der Waals surface area contributed by atoms with E-state index in [1.54, 1.807) is 18.2 Å². The average Bonchev–Trinajstić information content (AvgIpc) is 1.77. The van der Waals surface area contributed by atoms with Crippen molar-refractivity contribution in [1.82, 2.24) is 0 Å². The van der Waals surface area contributed by atoms with Gasteiger partial charge in [-0.2, -0.15) is 0 Å². The molecule has 2 atom stereocenters. The number of nitrogens with two attached hydrogens (primary N) is 2. The first kappa shape index (κ1) is 6.48. The summed E-state index contributed by atoms with van der Waals surface area (Å²) in [7, 11) is 0. The van der Waals surface area contributed by atoms with Crippen molar-refractivity contribution in [2.45, 2.75) is 11.8 Å². The first-order chi connectivity index (χ1) is 4.13. The molecule has 9 heavy (non-hydrogen) atoms. The quantitative estimate of drug-likeness (QED) is 0.368. The molecule has 0 aromatic heterocycles. The molecule has 0 bridgehead atoms. The molecule has 0 amide bonds. The summed E-state index contributed by atoms with van der Waals surface area (Å²) in [5.74, 6) is 0. The maximum Gasteiger partial charge on any atom is 0.151 e. The van der Waals surface area contributed by atoms with Gasteiger partial charge in [-0.05, 0) is 6.08 Å². The Kier molecular flexibility index (Phi) is 1.40. The summed E-state index contributed by atoms with van der Waals surface area (Å²) in [6.45, 7) is 0. The fraction of sp³-hybridized carbons (Fsp3) is 0.333. The fourth-order valence-electron chi connectivity index (χ4n) is 0.659. The van der Waals surface area contributed by atoms with Gasteiger partial charge in [-0.1, -0.05) is 18.2 Å². The normalized spacial score (nSPS) is 41.4. The third-order valence-electron chi connectivity index (χ3n) is 1.33. The van der Waals surface area contributed by atoms with Crippen LogP contribution in [-0.2, 0) is 0 Å². The second kappa shape index (κ2) is 1.95. The van der Waals surface area contributed by atoms with Crippen molar-refractivity contribution in [1.29, 1.82) is 0 Å². The molecule has 2 unspecified atom stereocenters. The lowest BCUT2D eigenvalue weighted by Gasteiger charge is -2.25. The SMILES string of the molecule is NC1C=CC=CC1(N)O. The van der Waals surface area contributed by atoms with E-state index in [4.69, 9.17) is 16.6 Å². The molecule has 0 radical (unpaired) electrons. The van der Waals surface area contributed by atoms with E-state index in [1.165, 1.54) is 6.08 Å². The Bertz CT molecular complexity index is 160. The minimum atomic E-state index is -1.35. The molecule has 3 nitrogen and oxygen atoms in total. The number of aliphatic hydroxyl groups is 1. The monoisotopic (exact) mass is 126 g/mol. The van der Waals surface area contributed by atoms with Crippen LogP contribution in [0.2, 0.25) is 0 Å². The van der Waals surface area contributed by atoms with Crippen LogP contribution in [0.5, 0.6) is 0 Å². The first-order valence-corrected chi connectivity index (χ1v) is 2.76. The van der Waals surface area contributed by atoms with Gasteiger partial charge in [-0.25, -0.2) is 0 Å². The maximum atomic E-state index is 9.16. The Morgan fingerprint density at radius 3 is 2.44 bits per heavy atom. The molecular formula is C6H10N2O. The lowest BCUT2D eigenvalue weighted by molar-refractivity contribution is 0.0834. The smallest absolute Gasteiger partial charge is 0.151 e. The van der Waals surface area contributed by atoms with Gasteiger partial charge in [-0.15, -0.1) is 0 Å². The van der Waals surface area contributed by atoms with Crippen molar-refractivity contribution in [3.63, 3.8) is 0 Å². The molecule has 0 saturated carbocycles. The van der Waals surface area contributed by atoms with Gasteiger partial charge < -0.3 is 10.8 Å². The lowest BCUT2D eigenvalue weighted by atomic mass is 10.0. The summed E-state index contributed by atoms with van der Waals surface area (Å²) >= 11 is 0. The van der Waals surface area contributed by atoms with E-state index in [9.17, 15) is 0 Å². The molecule has 0 aliphatic heterocycles. The molecule has 50 valence electrons. The summed E-state index contributed by atoms with van der Waals surface area (Å²) < 4.78 is 0. The molecule has 3 heteroatoms. The van der Waals surface area contributed by atoms with Gasteiger partial charge in [0, 0.05) is 0 Å². The highest BCUT2D eigenvalue weighted by Crippen LogP contribution is 2.08. The first-order valence-electron chi connectivity index (χ1n) is 2.76. The molecule has 1 aliphatic carbocycles. The fourth-order valence-corrected chi connectivity index (χ4v) is 0.659. The Morgan fingerprint density at radius 1 is 1.44 bits per heavy atom. The number of hydrogen-bond donors (Lipinski definition) is 3. The third-order valence-corrected chi connectivity index (χ3v) is 1.33. The van der Waals surface area contributed by atoms with Crippen LogP contribution in [0.4, 0.5) is 0 Å². The van der Waals surface area contributed by atoms with Gasteiger partial charge in [0.05, 0.1) is 6.04 Å². The van der Waals surface area contributed by atoms with E-state index < -0.39 is 11.8 Å². The van der Waals surface area contributed by atoms with E-state index in [1.807, 2.05) is 0 Å². The Labute approximate surface area is 53.7 Å². The minimum Gasteiger partial charge on any atom is -0.370 e. The van der Waals surface area contributed by atoms with Crippen LogP contribution in [0.1, 0.15) is 0 Å². The zero-order chi connectivity index (χ0) is 6.91. The van der Waals surface area contributed by atoms with E-state index in [-0.39, 0.29) is 0 Å². The second-order valence-corrected chi connectivity index (χ2v) is 2.16. The van der Waals surface area contributed by atoms with E-state index >= 15 is 0 Å². The molecule has 1 aliphatic rings. The summed E-state index contributed by atoms with van der Waals surface area (Å²) in [6.07, 6.45) is 6.55. The molecular weight excluding hydrogens is 116 g/mol. The highest BCUT2D eigenvalue weighted by Gasteiger charge is 2.25. The Morgan fingerprint density at radius 2 is 2.11 bits per heavy atom. The number of hydrogen-bond acceptors (Lipinski definition) is 3. The molecule has 0 heterocycles. The van der Waals surface area contributed by atoms with Gasteiger partial charge >= 0.3 is 0 Å². The molecule has 1 rings (SSSR count). The molecule has 0 spiro atoms. The lowest BCUT2D eigenvalue weighted by Crippen LogP contribution is -2.53. The van der Waals surface area contributed by atoms with Crippen molar-refractivity contribution in [3.8, 4) is 0 Å². The van der Waals surface area contributed by atoms with Crippen LogP contribution in [0.3, 0.4) is 0 Å². The summed E-state index contributed by atoms with van der Waals surface area (Å²) in [5, 5.41) is 9.16. The third kappa shape index (κ3) is 1.18. The second-order valence-electron chi connectivity index (χ2n) is 2.16. The molecule has 5 N–H and O–H groups in total. The van der Waals surface area contributed by atoms with Gasteiger partial charge in [0.2, 0.25) is 0 Å². The molecule has 0 fully saturated rings. The van der Waals surface area contributed by atoms with E-state index in [0.717, 1.165) is 0 Å². The highest BCUT2D eigenvalue weighted by molar-refractivity contribution is 5.21. The van der Waals surface area contributed by atoms with Crippen LogP contribution in [0, 0.1) is 0 Å².